The van der Waals surface area contributed by atoms with E-state index < -0.39 is 5.09 Å². The van der Waals surface area contributed by atoms with Crippen LogP contribution in [0.5, 0.6) is 0 Å². The van der Waals surface area contributed by atoms with Crippen molar-refractivity contribution >= 4 is 23.1 Å². The summed E-state index contributed by atoms with van der Waals surface area (Å²) in [7, 11) is 0. The molecule has 84 valence electrons. The van der Waals surface area contributed by atoms with Crippen LogP contribution in [0.4, 0.5) is 0 Å². The molecule has 15 N–H and O–H groups in total. The normalized spacial score (nSPS) is 2.00. The SMILES string of the molecule is O.O.O.O.O.O.O.O=[N+]([O-])O.[MgH2]. The molecule has 0 aliphatic rings. The molecule has 0 aromatic rings. The highest BCUT2D eigenvalue weighted by Gasteiger charge is 1.65. The van der Waals surface area contributed by atoms with Crippen molar-refractivity contribution in [2.24, 2.45) is 0 Å². The number of nitrogens with zero attached hydrogens (tertiary/aromatic N) is 1. The summed E-state index contributed by atoms with van der Waals surface area (Å²) in [5, 5.41) is 13.6. The summed E-state index contributed by atoms with van der Waals surface area (Å²) in [5.74, 6) is 0. The van der Waals surface area contributed by atoms with E-state index >= 15 is 0 Å². The van der Waals surface area contributed by atoms with Crippen molar-refractivity contribution in [1.29, 1.82) is 0 Å². The molecule has 0 aliphatic carbocycles. The van der Waals surface area contributed by atoms with Crippen LogP contribution in [0.3, 0.4) is 0 Å². The number of hydrogen-bond donors (Lipinski definition) is 1. The average Bonchev–Trinajstić information content (AvgIpc) is 0.811. The van der Waals surface area contributed by atoms with Gasteiger partial charge in [0.1, 0.15) is 0 Å². The van der Waals surface area contributed by atoms with Gasteiger partial charge in [0.15, 0.2) is 0 Å². The van der Waals surface area contributed by atoms with E-state index in [1.165, 1.54) is 0 Å². The van der Waals surface area contributed by atoms with E-state index in [0.717, 1.165) is 0 Å². The van der Waals surface area contributed by atoms with Crippen molar-refractivity contribution < 1.29 is 48.6 Å². The van der Waals surface area contributed by atoms with Crippen molar-refractivity contribution in [1.82, 2.24) is 0 Å². The van der Waals surface area contributed by atoms with Gasteiger partial charge in [-0.25, -0.2) is 0 Å². The third-order valence-corrected chi connectivity index (χ3v) is 0. The molecule has 0 aromatic heterocycles. The molecule has 12 heavy (non-hydrogen) atoms. The molecule has 0 aliphatic heterocycles. The Hall–Kier alpha value is -0.314. The van der Waals surface area contributed by atoms with E-state index in [2.05, 4.69) is 0 Å². The molecule has 11 nitrogen and oxygen atoms in total. The molecule has 0 saturated carbocycles. The van der Waals surface area contributed by atoms with E-state index in [-0.39, 0.29) is 61.4 Å². The minimum absolute atomic E-state index is 0. The summed E-state index contributed by atoms with van der Waals surface area (Å²) in [5.41, 5.74) is 0. The van der Waals surface area contributed by atoms with Crippen molar-refractivity contribution in [2.75, 3.05) is 0 Å². The Morgan fingerprint density at radius 2 is 0.833 bits per heavy atom. The van der Waals surface area contributed by atoms with Crippen LogP contribution >= 0.6 is 0 Å². The van der Waals surface area contributed by atoms with Gasteiger partial charge < -0.3 is 43.5 Å². The predicted molar refractivity (Wildman–Crippen MR) is 42.6 cm³/mol. The van der Waals surface area contributed by atoms with Crippen LogP contribution in [0.1, 0.15) is 0 Å². The minimum Gasteiger partial charge on any atom is -0.412 e. The van der Waals surface area contributed by atoms with Gasteiger partial charge in [-0.15, -0.1) is 10.1 Å². The zero-order valence-electron chi connectivity index (χ0n) is 5.21. The second-order valence-corrected chi connectivity index (χ2v) is 0.238. The molecular weight excluding hydrogens is 198 g/mol. The average molecular weight is 215 g/mol. The number of rotatable bonds is 0. The fourth-order valence-corrected chi connectivity index (χ4v) is 0. The molecule has 0 unspecified atom stereocenters. The number of hydrogen-bond acceptors (Lipinski definition) is 2. The zero-order valence-corrected chi connectivity index (χ0v) is 5.21. The van der Waals surface area contributed by atoms with Crippen LogP contribution < -0.4 is 0 Å². The lowest BCUT2D eigenvalue weighted by Gasteiger charge is -1.56. The molecule has 0 amide bonds. The van der Waals surface area contributed by atoms with E-state index in [1.54, 1.807) is 0 Å². The third-order valence-electron chi connectivity index (χ3n) is 0. The fourth-order valence-electron chi connectivity index (χ4n) is 0. The Balaban J connectivity index is -0.00000000161. The maximum absolute atomic E-state index is 8.36. The van der Waals surface area contributed by atoms with Gasteiger partial charge in [0, 0.05) is 0 Å². The predicted octanol–water partition coefficient (Wildman–Crippen LogP) is -7.04. The van der Waals surface area contributed by atoms with Crippen LogP contribution in [0, 0.1) is 10.1 Å². The van der Waals surface area contributed by atoms with Gasteiger partial charge in [0.05, 0.1) is 0 Å². The van der Waals surface area contributed by atoms with Crippen molar-refractivity contribution in [2.45, 2.75) is 0 Å². The highest BCUT2D eigenvalue weighted by molar-refractivity contribution is 5.75. The first-order chi connectivity index (χ1) is 1.73. The van der Waals surface area contributed by atoms with Gasteiger partial charge in [-0.2, -0.15) is 0 Å². The summed E-state index contributed by atoms with van der Waals surface area (Å²) in [6.07, 6.45) is 0. The standard InChI is InChI=1S/Mg.HNO3.7H2O.2H/c;2-1(3)4;;;;;;;;;/h;(H,2,3,4);7*1H2;;. The van der Waals surface area contributed by atoms with Gasteiger partial charge in [0.2, 0.25) is 0 Å². The first kappa shape index (κ1) is 185. The van der Waals surface area contributed by atoms with Crippen molar-refractivity contribution in [3.8, 4) is 0 Å². The molecule has 0 spiro atoms. The highest BCUT2D eigenvalue weighted by Crippen LogP contribution is 1.38. The molecule has 0 rings (SSSR count). The smallest absolute Gasteiger partial charge is 0.316 e. The van der Waals surface area contributed by atoms with Gasteiger partial charge in [-0.1, -0.05) is 0 Å². The molecule has 0 heterocycles. The maximum atomic E-state index is 8.36. The van der Waals surface area contributed by atoms with Gasteiger partial charge in [-0.05, 0) is 0 Å². The zero-order chi connectivity index (χ0) is 3.58. The van der Waals surface area contributed by atoms with Crippen molar-refractivity contribution in [3.05, 3.63) is 10.1 Å². The molecule has 0 saturated heterocycles. The molecular formula is H17MgNO10. The van der Waals surface area contributed by atoms with Gasteiger partial charge in [-0.3, -0.25) is 0 Å². The van der Waals surface area contributed by atoms with Crippen molar-refractivity contribution in [3.63, 3.8) is 0 Å². The summed E-state index contributed by atoms with van der Waals surface area (Å²) >= 11 is 0. The van der Waals surface area contributed by atoms with Crippen LogP contribution in [0.15, 0.2) is 0 Å². The Bertz CT molecular complexity index is 32.8. The molecule has 0 radical (unpaired) electrons. The third kappa shape index (κ3) is 7420. The second-order valence-electron chi connectivity index (χ2n) is 0.238. The quantitative estimate of drug-likeness (QED) is 0.234. The Morgan fingerprint density at radius 1 is 0.833 bits per heavy atom. The first-order valence-electron chi connectivity index (χ1n) is 0.565. The summed E-state index contributed by atoms with van der Waals surface area (Å²) in [6.45, 7) is 0. The first-order valence-corrected chi connectivity index (χ1v) is 0.565. The van der Waals surface area contributed by atoms with Crippen LogP contribution in [0.2, 0.25) is 0 Å². The summed E-state index contributed by atoms with van der Waals surface area (Å²) in [4.78, 5) is 8.36. The second kappa shape index (κ2) is 139. The Labute approximate surface area is 82.4 Å². The molecule has 0 fully saturated rings. The molecule has 12 heteroatoms. The van der Waals surface area contributed by atoms with Gasteiger partial charge >= 0.3 is 23.1 Å². The molecule has 0 bridgehead atoms. The van der Waals surface area contributed by atoms with E-state index in [1.807, 2.05) is 0 Å². The fraction of sp³-hybridized carbons (Fsp3) is 0. The van der Waals surface area contributed by atoms with E-state index in [0.29, 0.717) is 0 Å². The van der Waals surface area contributed by atoms with Crippen LogP contribution in [-0.2, 0) is 0 Å². The minimum atomic E-state index is -1.50. The highest BCUT2D eigenvalue weighted by atomic mass is 24.3. The molecule has 0 aromatic carbocycles. The molecule has 0 atom stereocenters. The summed E-state index contributed by atoms with van der Waals surface area (Å²) in [6, 6.07) is 0. The van der Waals surface area contributed by atoms with Crippen LogP contribution in [-0.4, -0.2) is 71.7 Å². The van der Waals surface area contributed by atoms with Crippen LogP contribution in [0.25, 0.3) is 0 Å². The topological polar surface area (TPSA) is 284 Å². The van der Waals surface area contributed by atoms with E-state index in [9.17, 15) is 0 Å². The van der Waals surface area contributed by atoms with E-state index in [4.69, 9.17) is 15.3 Å². The maximum Gasteiger partial charge on any atom is 0.316 e. The Morgan fingerprint density at radius 3 is 0.833 bits per heavy atom. The largest absolute Gasteiger partial charge is 0.412 e. The Kier molecular flexibility index (Phi) is 2140. The van der Waals surface area contributed by atoms with Gasteiger partial charge in [0.25, 0.3) is 5.09 Å². The monoisotopic (exact) mass is 215 g/mol. The summed E-state index contributed by atoms with van der Waals surface area (Å²) < 4.78 is 0. The lowest BCUT2D eigenvalue weighted by molar-refractivity contribution is -0.742. The lowest BCUT2D eigenvalue weighted by atomic mass is 13.1. The lowest BCUT2D eigenvalue weighted by Crippen LogP contribution is -1.81.